The van der Waals surface area contributed by atoms with Gasteiger partial charge in [-0.1, -0.05) is 234 Å². The van der Waals surface area contributed by atoms with Gasteiger partial charge in [0.05, 0.1) is 0 Å². The fourth-order valence-electron chi connectivity index (χ4n) is 6.81. The zero-order chi connectivity index (χ0) is 44.4. The molecule has 0 radical (unpaired) electrons. The molecule has 0 heterocycles. The van der Waals surface area contributed by atoms with Gasteiger partial charge in [0.2, 0.25) is 0 Å². The van der Waals surface area contributed by atoms with Gasteiger partial charge in [-0.05, 0) is 57.8 Å². The molecule has 6 nitrogen and oxygen atoms in total. The molecule has 0 aliphatic carbocycles. The van der Waals surface area contributed by atoms with E-state index < -0.39 is 6.10 Å². The molecule has 0 spiro atoms. The van der Waals surface area contributed by atoms with Gasteiger partial charge in [-0.25, -0.2) is 0 Å². The van der Waals surface area contributed by atoms with Crippen LogP contribution < -0.4 is 0 Å². The summed E-state index contributed by atoms with van der Waals surface area (Å²) >= 11 is 0. The van der Waals surface area contributed by atoms with Crippen LogP contribution in [0, 0.1) is 0 Å². The van der Waals surface area contributed by atoms with E-state index in [0.717, 1.165) is 83.5 Å². The third-order valence-electron chi connectivity index (χ3n) is 10.6. The number of rotatable bonds is 44. The maximum Gasteiger partial charge on any atom is 0.306 e. The standard InChI is InChI=1S/C55H92O6/c1-4-7-10-13-16-19-22-25-27-30-33-36-39-42-45-48-54(57)60-51-52(50-59-53(56)47-44-41-38-35-32-29-24-21-18-15-12-9-6-3)61-55(58)49-46-43-40-37-34-31-28-26-23-20-17-14-11-8-5-2/h7,9-10,12-13,15-16,18-19,21-22,24,29,32,52H,4-6,8,11,14,17,20,23,25-28,30-31,33-51H2,1-3H3/b10-7-,12-9-,16-13-,18-15-,22-19-,24-21-,32-29-. The summed E-state index contributed by atoms with van der Waals surface area (Å²) in [7, 11) is 0. The lowest BCUT2D eigenvalue weighted by atomic mass is 10.0. The van der Waals surface area contributed by atoms with Crippen molar-refractivity contribution in [3.05, 3.63) is 85.1 Å². The molecule has 0 saturated carbocycles. The summed E-state index contributed by atoms with van der Waals surface area (Å²) in [5.74, 6) is -0.945. The SMILES string of the molecule is CC\C=C/C=C\C=C/C=C\CCCCCC(=O)OCC(COC(=O)CCCCCCCCC\C=C/C=C\C=C/CC)OC(=O)CCCCCCCCCCCCCCCCC. The third kappa shape index (κ3) is 47.5. The van der Waals surface area contributed by atoms with E-state index in [2.05, 4.69) is 69.4 Å². The van der Waals surface area contributed by atoms with Crippen molar-refractivity contribution >= 4 is 17.9 Å². The molecule has 0 N–H and O–H groups in total. The molecule has 0 aromatic carbocycles. The lowest BCUT2D eigenvalue weighted by molar-refractivity contribution is -0.167. The number of allylic oxidation sites excluding steroid dienone is 14. The van der Waals surface area contributed by atoms with Crippen molar-refractivity contribution < 1.29 is 28.6 Å². The summed E-state index contributed by atoms with van der Waals surface area (Å²) in [6, 6.07) is 0. The van der Waals surface area contributed by atoms with Crippen LogP contribution in [0.1, 0.15) is 226 Å². The minimum atomic E-state index is -0.795. The van der Waals surface area contributed by atoms with Gasteiger partial charge in [-0.2, -0.15) is 0 Å². The van der Waals surface area contributed by atoms with Crippen molar-refractivity contribution in [2.45, 2.75) is 232 Å². The molecule has 0 bridgehead atoms. The van der Waals surface area contributed by atoms with Crippen LogP contribution in [0.4, 0.5) is 0 Å². The van der Waals surface area contributed by atoms with Crippen LogP contribution in [0.15, 0.2) is 85.1 Å². The predicted octanol–water partition coefficient (Wildman–Crippen LogP) is 16.4. The minimum absolute atomic E-state index is 0.0948. The summed E-state index contributed by atoms with van der Waals surface area (Å²) in [5, 5.41) is 0. The zero-order valence-electron chi connectivity index (χ0n) is 39.7. The topological polar surface area (TPSA) is 78.9 Å². The largest absolute Gasteiger partial charge is 0.462 e. The summed E-state index contributed by atoms with van der Waals surface area (Å²) in [6.07, 6.45) is 62.8. The van der Waals surface area contributed by atoms with Crippen LogP contribution in [0.2, 0.25) is 0 Å². The Morgan fingerprint density at radius 1 is 0.344 bits per heavy atom. The Morgan fingerprint density at radius 3 is 1.02 bits per heavy atom. The van der Waals surface area contributed by atoms with E-state index in [1.54, 1.807) is 0 Å². The van der Waals surface area contributed by atoms with E-state index in [0.29, 0.717) is 19.3 Å². The average Bonchev–Trinajstić information content (AvgIpc) is 3.26. The predicted molar refractivity (Wildman–Crippen MR) is 261 cm³/mol. The maximum absolute atomic E-state index is 12.8. The van der Waals surface area contributed by atoms with Crippen LogP contribution in [-0.2, 0) is 28.6 Å². The fraction of sp³-hybridized carbons (Fsp3) is 0.691. The van der Waals surface area contributed by atoms with Crippen molar-refractivity contribution in [3.8, 4) is 0 Å². The lowest BCUT2D eigenvalue weighted by Gasteiger charge is -2.18. The molecule has 1 atom stereocenters. The molecule has 0 aliphatic heterocycles. The first-order chi connectivity index (χ1) is 30.0. The third-order valence-corrected chi connectivity index (χ3v) is 10.6. The molecule has 348 valence electrons. The number of carbonyl (C=O) groups excluding carboxylic acids is 3. The van der Waals surface area contributed by atoms with Gasteiger partial charge in [0.1, 0.15) is 13.2 Å². The molecule has 0 saturated heterocycles. The Labute approximate surface area is 375 Å². The second kappa shape index (κ2) is 49.2. The molecular formula is C55H92O6. The quantitative estimate of drug-likeness (QED) is 0.0263. The van der Waals surface area contributed by atoms with Crippen LogP contribution in [0.5, 0.6) is 0 Å². The smallest absolute Gasteiger partial charge is 0.306 e. The van der Waals surface area contributed by atoms with Gasteiger partial charge in [-0.3, -0.25) is 14.4 Å². The van der Waals surface area contributed by atoms with Gasteiger partial charge in [-0.15, -0.1) is 0 Å². The summed E-state index contributed by atoms with van der Waals surface area (Å²) in [6.45, 7) is 6.32. The lowest BCUT2D eigenvalue weighted by Crippen LogP contribution is -2.30. The molecule has 0 aromatic heterocycles. The van der Waals surface area contributed by atoms with Gasteiger partial charge in [0, 0.05) is 19.3 Å². The summed E-state index contributed by atoms with van der Waals surface area (Å²) in [4.78, 5) is 37.9. The van der Waals surface area contributed by atoms with Gasteiger partial charge >= 0.3 is 17.9 Å². The fourth-order valence-corrected chi connectivity index (χ4v) is 6.81. The van der Waals surface area contributed by atoms with Crippen LogP contribution in [0.3, 0.4) is 0 Å². The first-order valence-electron chi connectivity index (χ1n) is 25.2. The molecular weight excluding hydrogens is 757 g/mol. The number of ether oxygens (including phenoxy) is 3. The van der Waals surface area contributed by atoms with Crippen molar-refractivity contribution in [1.82, 2.24) is 0 Å². The van der Waals surface area contributed by atoms with E-state index in [-0.39, 0.29) is 31.1 Å². The molecule has 0 rings (SSSR count). The molecule has 0 aromatic rings. The van der Waals surface area contributed by atoms with Crippen LogP contribution in [0.25, 0.3) is 0 Å². The van der Waals surface area contributed by atoms with Crippen molar-refractivity contribution in [2.24, 2.45) is 0 Å². The highest BCUT2D eigenvalue weighted by atomic mass is 16.6. The molecule has 0 aliphatic rings. The highest BCUT2D eigenvalue weighted by molar-refractivity contribution is 5.71. The Kier molecular flexibility index (Phi) is 46.5. The van der Waals surface area contributed by atoms with Crippen LogP contribution in [-0.4, -0.2) is 37.2 Å². The van der Waals surface area contributed by atoms with Gasteiger partial charge in [0.15, 0.2) is 6.10 Å². The normalized spacial score (nSPS) is 12.8. The number of esters is 3. The van der Waals surface area contributed by atoms with Gasteiger partial charge in [0.25, 0.3) is 0 Å². The Balaban J connectivity index is 4.45. The minimum Gasteiger partial charge on any atom is -0.462 e. The molecule has 6 heteroatoms. The Bertz CT molecular complexity index is 1200. The molecule has 61 heavy (non-hydrogen) atoms. The average molecular weight is 849 g/mol. The Hall–Kier alpha value is -3.41. The highest BCUT2D eigenvalue weighted by Crippen LogP contribution is 2.15. The van der Waals surface area contributed by atoms with E-state index in [1.807, 2.05) is 36.5 Å². The number of hydrogen-bond donors (Lipinski definition) is 0. The molecule has 1 unspecified atom stereocenters. The van der Waals surface area contributed by atoms with Gasteiger partial charge < -0.3 is 14.2 Å². The second-order valence-electron chi connectivity index (χ2n) is 16.5. The molecule has 0 amide bonds. The first-order valence-corrected chi connectivity index (χ1v) is 25.2. The summed E-state index contributed by atoms with van der Waals surface area (Å²) < 4.78 is 16.7. The first kappa shape index (κ1) is 57.6. The molecule has 0 fully saturated rings. The maximum atomic E-state index is 12.8. The Morgan fingerprint density at radius 2 is 0.639 bits per heavy atom. The highest BCUT2D eigenvalue weighted by Gasteiger charge is 2.19. The van der Waals surface area contributed by atoms with Crippen molar-refractivity contribution in [2.75, 3.05) is 13.2 Å². The van der Waals surface area contributed by atoms with E-state index in [1.165, 1.54) is 103 Å². The summed E-state index contributed by atoms with van der Waals surface area (Å²) in [5.41, 5.74) is 0. The van der Waals surface area contributed by atoms with E-state index >= 15 is 0 Å². The van der Waals surface area contributed by atoms with E-state index in [9.17, 15) is 14.4 Å². The zero-order valence-corrected chi connectivity index (χ0v) is 39.7. The monoisotopic (exact) mass is 849 g/mol. The number of unbranched alkanes of at least 4 members (excludes halogenated alkanes) is 24. The van der Waals surface area contributed by atoms with E-state index in [4.69, 9.17) is 14.2 Å². The number of hydrogen-bond acceptors (Lipinski definition) is 6. The second-order valence-corrected chi connectivity index (χ2v) is 16.5. The number of carbonyl (C=O) groups is 3. The van der Waals surface area contributed by atoms with Crippen LogP contribution >= 0.6 is 0 Å². The van der Waals surface area contributed by atoms with Crippen molar-refractivity contribution in [1.29, 1.82) is 0 Å². The van der Waals surface area contributed by atoms with Crippen molar-refractivity contribution in [3.63, 3.8) is 0 Å².